The summed E-state index contributed by atoms with van der Waals surface area (Å²) in [4.78, 5) is 15.5. The molecule has 2 heterocycles. The van der Waals surface area contributed by atoms with Gasteiger partial charge in [-0.05, 0) is 98.2 Å². The van der Waals surface area contributed by atoms with Gasteiger partial charge in [0.2, 0.25) is 0 Å². The number of aryl methyl sites for hydroxylation is 1. The van der Waals surface area contributed by atoms with Gasteiger partial charge in [-0.25, -0.2) is 4.21 Å². The van der Waals surface area contributed by atoms with Gasteiger partial charge in [-0.15, -0.1) is 0 Å². The number of rotatable bonds is 0. The van der Waals surface area contributed by atoms with E-state index in [-0.39, 0.29) is 17.4 Å². The van der Waals surface area contributed by atoms with Gasteiger partial charge in [0.05, 0.1) is 18.4 Å². The molecule has 0 aromatic heterocycles. The molecule has 1 amide bonds. The van der Waals surface area contributed by atoms with E-state index in [2.05, 4.69) is 21.8 Å². The number of hydrogen-bond donors (Lipinski definition) is 2. The second kappa shape index (κ2) is 12.8. The summed E-state index contributed by atoms with van der Waals surface area (Å²) >= 11 is 6.38. The van der Waals surface area contributed by atoms with Crippen molar-refractivity contribution in [1.29, 1.82) is 0 Å². The van der Waals surface area contributed by atoms with Crippen LogP contribution >= 0.6 is 11.6 Å². The summed E-state index contributed by atoms with van der Waals surface area (Å²) in [6.45, 7) is 6.17. The standard InChI is InChI=1S/C30H37ClN2O4S.C2H6/c31-23-9-11-25-20(15-23)5-4-13-30(25)18-33-17-22-7-10-24(22)27(34)6-2-1-3-14-38(36)32-29(35)21-8-12-28(37-19-30)26(33)16-21;1-2/h8-9,11-12,15-16,22,24,27,34H,1-7,10,13-14,17-19H2,(H,32,35);1-2H3. The van der Waals surface area contributed by atoms with Gasteiger partial charge in [-0.2, -0.15) is 0 Å². The zero-order chi connectivity index (χ0) is 28.3. The van der Waals surface area contributed by atoms with Crippen molar-refractivity contribution in [2.45, 2.75) is 83.2 Å². The lowest BCUT2D eigenvalue weighted by Crippen LogP contribution is -2.49. The van der Waals surface area contributed by atoms with E-state index in [1.165, 1.54) is 11.1 Å². The molecule has 5 atom stereocenters. The number of amides is 1. The largest absolute Gasteiger partial charge is 0.490 e. The predicted octanol–water partition coefficient (Wildman–Crippen LogP) is 6.19. The number of anilines is 1. The third-order valence-electron chi connectivity index (χ3n) is 9.26. The third-order valence-corrected chi connectivity index (χ3v) is 10.6. The third kappa shape index (κ3) is 6.07. The van der Waals surface area contributed by atoms with Gasteiger partial charge in [0.1, 0.15) is 16.7 Å². The molecule has 4 aliphatic rings. The van der Waals surface area contributed by atoms with E-state index in [9.17, 15) is 14.1 Å². The van der Waals surface area contributed by atoms with Crippen molar-refractivity contribution in [3.63, 3.8) is 0 Å². The average molecular weight is 587 g/mol. The van der Waals surface area contributed by atoms with E-state index in [4.69, 9.17) is 16.3 Å². The highest BCUT2D eigenvalue weighted by Crippen LogP contribution is 2.47. The van der Waals surface area contributed by atoms with Crippen LogP contribution in [0.3, 0.4) is 0 Å². The number of benzene rings is 2. The number of halogens is 1. The fourth-order valence-corrected chi connectivity index (χ4v) is 8.14. The van der Waals surface area contributed by atoms with Crippen LogP contribution in [0.4, 0.5) is 5.69 Å². The van der Waals surface area contributed by atoms with Gasteiger partial charge in [-0.1, -0.05) is 44.4 Å². The summed E-state index contributed by atoms with van der Waals surface area (Å²) in [5.41, 5.74) is 3.84. The van der Waals surface area contributed by atoms with Gasteiger partial charge in [0.15, 0.2) is 0 Å². The van der Waals surface area contributed by atoms with Gasteiger partial charge in [-0.3, -0.25) is 9.52 Å². The smallest absolute Gasteiger partial charge is 0.263 e. The van der Waals surface area contributed by atoms with Crippen LogP contribution < -0.4 is 14.4 Å². The fourth-order valence-electron chi connectivity index (χ4n) is 7.06. The van der Waals surface area contributed by atoms with Crippen LogP contribution in [0.5, 0.6) is 5.75 Å². The molecule has 0 radical (unpaired) electrons. The quantitative estimate of drug-likeness (QED) is 0.385. The van der Waals surface area contributed by atoms with E-state index in [0.29, 0.717) is 29.8 Å². The minimum Gasteiger partial charge on any atom is -0.490 e. The molecule has 1 spiro atoms. The van der Waals surface area contributed by atoms with Crippen molar-refractivity contribution in [1.82, 2.24) is 4.72 Å². The van der Waals surface area contributed by atoms with E-state index in [1.54, 1.807) is 6.07 Å². The van der Waals surface area contributed by atoms with Gasteiger partial charge >= 0.3 is 0 Å². The molecule has 2 N–H and O–H groups in total. The number of carbonyl (C=O) groups is 1. The maximum absolute atomic E-state index is 13.0. The molecule has 0 saturated heterocycles. The molecular weight excluding hydrogens is 544 g/mol. The molecule has 2 aromatic carbocycles. The van der Waals surface area contributed by atoms with Crippen LogP contribution in [-0.2, 0) is 22.8 Å². The van der Waals surface area contributed by atoms with E-state index in [0.717, 1.165) is 87.3 Å². The second-order valence-corrected chi connectivity index (χ2v) is 13.4. The highest BCUT2D eigenvalue weighted by Gasteiger charge is 2.44. The molecule has 2 aromatic rings. The zero-order valence-electron chi connectivity index (χ0n) is 23.8. The van der Waals surface area contributed by atoms with Crippen LogP contribution in [0.15, 0.2) is 36.4 Å². The Kier molecular flexibility index (Phi) is 9.43. The Morgan fingerprint density at radius 2 is 1.93 bits per heavy atom. The first-order valence-electron chi connectivity index (χ1n) is 15.1. The molecule has 1 saturated carbocycles. The number of aliphatic hydroxyl groups is 1. The molecule has 2 aliphatic heterocycles. The molecule has 40 heavy (non-hydrogen) atoms. The number of hydrogen-bond acceptors (Lipinski definition) is 5. The van der Waals surface area contributed by atoms with Crippen LogP contribution in [0, 0.1) is 11.8 Å². The maximum atomic E-state index is 13.0. The first-order valence-corrected chi connectivity index (χ1v) is 16.8. The van der Waals surface area contributed by atoms with Crippen molar-refractivity contribution in [3.05, 3.63) is 58.1 Å². The maximum Gasteiger partial charge on any atom is 0.263 e. The lowest BCUT2D eigenvalue weighted by molar-refractivity contribution is 0.00910. The molecule has 218 valence electrons. The summed E-state index contributed by atoms with van der Waals surface area (Å²) in [6.07, 6.45) is 8.35. The Morgan fingerprint density at radius 3 is 2.73 bits per heavy atom. The lowest BCUT2D eigenvalue weighted by atomic mass is 9.68. The van der Waals surface area contributed by atoms with Crippen molar-refractivity contribution < 1.29 is 18.8 Å². The van der Waals surface area contributed by atoms with Crippen molar-refractivity contribution >= 4 is 34.2 Å². The van der Waals surface area contributed by atoms with E-state index < -0.39 is 11.0 Å². The topological polar surface area (TPSA) is 78.9 Å². The zero-order valence-corrected chi connectivity index (χ0v) is 25.4. The van der Waals surface area contributed by atoms with Crippen LogP contribution in [0.25, 0.3) is 0 Å². The normalized spacial score (nSPS) is 30.3. The Hall–Kier alpha value is -2.09. The molecule has 6 rings (SSSR count). The number of carbonyl (C=O) groups excluding carboxylic acids is 1. The van der Waals surface area contributed by atoms with Crippen LogP contribution in [-0.4, -0.2) is 46.8 Å². The first-order chi connectivity index (χ1) is 19.4. The van der Waals surface area contributed by atoms with Crippen LogP contribution in [0.2, 0.25) is 5.02 Å². The molecular formula is C32H43ClN2O4S. The summed E-state index contributed by atoms with van der Waals surface area (Å²) in [6, 6.07) is 11.8. The first kappa shape index (κ1) is 29.4. The summed E-state index contributed by atoms with van der Waals surface area (Å²) < 4.78 is 21.7. The van der Waals surface area contributed by atoms with Crippen molar-refractivity contribution in [2.75, 3.05) is 30.3 Å². The van der Waals surface area contributed by atoms with Crippen LogP contribution in [0.1, 0.15) is 86.7 Å². The predicted molar refractivity (Wildman–Crippen MR) is 163 cm³/mol. The van der Waals surface area contributed by atoms with Gasteiger partial charge in [0.25, 0.3) is 5.91 Å². The molecule has 6 nitrogen and oxygen atoms in total. The monoisotopic (exact) mass is 586 g/mol. The summed E-state index contributed by atoms with van der Waals surface area (Å²) in [5, 5.41) is 11.8. The number of nitrogens with zero attached hydrogens (tertiary/aromatic N) is 1. The highest BCUT2D eigenvalue weighted by atomic mass is 35.5. The molecule has 8 heteroatoms. The number of ether oxygens (including phenoxy) is 1. The Bertz CT molecular complexity index is 1240. The minimum atomic E-state index is -1.42. The molecule has 2 aliphatic carbocycles. The fraction of sp³-hybridized carbons (Fsp3) is 0.594. The SMILES string of the molecule is CC.O=C1NS(=O)CCCCCC(O)C2CCC2CN2CC3(CCCc4cc(Cl)ccc43)COc3ccc1cc32. The highest BCUT2D eigenvalue weighted by molar-refractivity contribution is 7.83. The van der Waals surface area contributed by atoms with E-state index >= 15 is 0 Å². The Labute approximate surface area is 246 Å². The number of fused-ring (bicyclic) bond motifs is 4. The van der Waals surface area contributed by atoms with Crippen molar-refractivity contribution in [3.8, 4) is 5.75 Å². The lowest BCUT2D eigenvalue weighted by Gasteiger charge is -2.45. The summed E-state index contributed by atoms with van der Waals surface area (Å²) in [5.74, 6) is 1.59. The van der Waals surface area contributed by atoms with Gasteiger partial charge < -0.3 is 14.7 Å². The number of aliphatic hydroxyl groups excluding tert-OH is 1. The van der Waals surface area contributed by atoms with Gasteiger partial charge in [0, 0.05) is 34.8 Å². The molecule has 1 fully saturated rings. The van der Waals surface area contributed by atoms with E-state index in [1.807, 2.05) is 32.0 Å². The minimum absolute atomic E-state index is 0.181. The molecule has 2 bridgehead atoms. The number of nitrogens with one attached hydrogen (secondary N) is 1. The second-order valence-electron chi connectivity index (χ2n) is 11.7. The Morgan fingerprint density at radius 1 is 1.07 bits per heavy atom. The Balaban J connectivity index is 0.00000158. The average Bonchev–Trinajstić information content (AvgIpc) is 3.08. The summed E-state index contributed by atoms with van der Waals surface area (Å²) in [7, 11) is -1.42. The molecule has 5 unspecified atom stereocenters. The van der Waals surface area contributed by atoms with Crippen molar-refractivity contribution in [2.24, 2.45) is 11.8 Å².